The van der Waals surface area contributed by atoms with E-state index in [2.05, 4.69) is 5.32 Å². The first-order chi connectivity index (χ1) is 7.54. The van der Waals surface area contributed by atoms with Crippen LogP contribution in [0.2, 0.25) is 0 Å². The number of nitrogens with one attached hydrogen (secondary N) is 1. The first-order valence-corrected chi connectivity index (χ1v) is 5.29. The number of aliphatic hydroxyl groups is 1. The summed E-state index contributed by atoms with van der Waals surface area (Å²) >= 11 is 0. The SMILES string of the molecule is COc1ccc(C(C)NC[C@@H](C)O)cc1F. The molecular weight excluding hydrogens is 209 g/mol. The van der Waals surface area contributed by atoms with Gasteiger partial charge >= 0.3 is 0 Å². The monoisotopic (exact) mass is 227 g/mol. The predicted molar refractivity (Wildman–Crippen MR) is 61.1 cm³/mol. The lowest BCUT2D eigenvalue weighted by molar-refractivity contribution is 0.187. The van der Waals surface area contributed by atoms with Gasteiger partial charge in [0, 0.05) is 12.6 Å². The molecule has 2 N–H and O–H groups in total. The zero-order valence-corrected chi connectivity index (χ0v) is 9.83. The van der Waals surface area contributed by atoms with Crippen LogP contribution in [-0.4, -0.2) is 24.9 Å². The number of methoxy groups -OCH3 is 1. The summed E-state index contributed by atoms with van der Waals surface area (Å²) in [4.78, 5) is 0. The van der Waals surface area contributed by atoms with Gasteiger partial charge in [0.05, 0.1) is 13.2 Å². The zero-order valence-electron chi connectivity index (χ0n) is 9.83. The van der Waals surface area contributed by atoms with Gasteiger partial charge in [-0.2, -0.15) is 0 Å². The van der Waals surface area contributed by atoms with Crippen LogP contribution in [0.1, 0.15) is 25.5 Å². The minimum absolute atomic E-state index is 0.00462. The Morgan fingerprint density at radius 1 is 1.44 bits per heavy atom. The summed E-state index contributed by atoms with van der Waals surface area (Å²) in [5, 5.41) is 12.2. The third-order valence-electron chi connectivity index (χ3n) is 2.40. The molecule has 0 heterocycles. The molecule has 4 heteroatoms. The van der Waals surface area contributed by atoms with Crippen LogP contribution in [0.3, 0.4) is 0 Å². The van der Waals surface area contributed by atoms with Crippen LogP contribution < -0.4 is 10.1 Å². The van der Waals surface area contributed by atoms with Crippen molar-refractivity contribution in [2.75, 3.05) is 13.7 Å². The van der Waals surface area contributed by atoms with Gasteiger partial charge < -0.3 is 15.2 Å². The summed E-state index contributed by atoms with van der Waals surface area (Å²) in [7, 11) is 1.44. The second kappa shape index (κ2) is 5.82. The van der Waals surface area contributed by atoms with Crippen molar-refractivity contribution in [2.45, 2.75) is 26.0 Å². The van der Waals surface area contributed by atoms with E-state index in [1.54, 1.807) is 13.0 Å². The number of hydrogen-bond acceptors (Lipinski definition) is 3. The van der Waals surface area contributed by atoms with E-state index in [1.807, 2.05) is 13.0 Å². The van der Waals surface area contributed by atoms with Crippen molar-refractivity contribution >= 4 is 0 Å². The van der Waals surface area contributed by atoms with Gasteiger partial charge in [-0.15, -0.1) is 0 Å². The highest BCUT2D eigenvalue weighted by atomic mass is 19.1. The molecule has 3 nitrogen and oxygen atoms in total. The molecule has 90 valence electrons. The Hall–Kier alpha value is -1.13. The van der Waals surface area contributed by atoms with E-state index in [1.165, 1.54) is 13.2 Å². The van der Waals surface area contributed by atoms with Crippen LogP contribution in [0.25, 0.3) is 0 Å². The summed E-state index contributed by atoms with van der Waals surface area (Å²) in [6, 6.07) is 4.85. The summed E-state index contributed by atoms with van der Waals surface area (Å²) < 4.78 is 18.2. The Morgan fingerprint density at radius 3 is 2.62 bits per heavy atom. The quantitative estimate of drug-likeness (QED) is 0.806. The Bertz CT molecular complexity index is 342. The molecule has 1 unspecified atom stereocenters. The van der Waals surface area contributed by atoms with E-state index >= 15 is 0 Å². The minimum atomic E-state index is -0.412. The zero-order chi connectivity index (χ0) is 12.1. The van der Waals surface area contributed by atoms with Crippen molar-refractivity contribution < 1.29 is 14.2 Å². The second-order valence-corrected chi connectivity index (χ2v) is 3.87. The third-order valence-corrected chi connectivity index (χ3v) is 2.40. The average Bonchev–Trinajstić information content (AvgIpc) is 2.25. The Kier molecular flexibility index (Phi) is 4.71. The number of rotatable bonds is 5. The average molecular weight is 227 g/mol. The van der Waals surface area contributed by atoms with Crippen molar-refractivity contribution in [3.63, 3.8) is 0 Å². The van der Waals surface area contributed by atoms with E-state index in [4.69, 9.17) is 9.84 Å². The lowest BCUT2D eigenvalue weighted by Gasteiger charge is -2.16. The highest BCUT2D eigenvalue weighted by molar-refractivity contribution is 5.30. The predicted octanol–water partition coefficient (Wildman–Crippen LogP) is 1.87. The van der Waals surface area contributed by atoms with E-state index in [0.717, 1.165) is 5.56 Å². The van der Waals surface area contributed by atoms with E-state index in [0.29, 0.717) is 6.54 Å². The van der Waals surface area contributed by atoms with Crippen molar-refractivity contribution in [2.24, 2.45) is 0 Å². The first-order valence-electron chi connectivity index (χ1n) is 5.29. The lowest BCUT2D eigenvalue weighted by Crippen LogP contribution is -2.27. The van der Waals surface area contributed by atoms with Gasteiger partial charge in [0.15, 0.2) is 11.6 Å². The molecule has 0 aromatic heterocycles. The lowest BCUT2D eigenvalue weighted by atomic mass is 10.1. The van der Waals surface area contributed by atoms with Crippen molar-refractivity contribution in [1.29, 1.82) is 0 Å². The Labute approximate surface area is 95.2 Å². The smallest absolute Gasteiger partial charge is 0.165 e. The number of benzene rings is 1. The fraction of sp³-hybridized carbons (Fsp3) is 0.500. The molecule has 2 atom stereocenters. The fourth-order valence-electron chi connectivity index (χ4n) is 1.42. The standard InChI is InChI=1S/C12H18FNO2/c1-8(15)7-14-9(2)10-4-5-12(16-3)11(13)6-10/h4-6,8-9,14-15H,7H2,1-3H3/t8-,9?/m1/s1. The number of hydrogen-bond donors (Lipinski definition) is 2. The molecule has 0 saturated heterocycles. The van der Waals surface area contributed by atoms with Crippen LogP contribution in [0.5, 0.6) is 5.75 Å². The molecule has 1 aromatic rings. The van der Waals surface area contributed by atoms with Crippen LogP contribution in [0.4, 0.5) is 4.39 Å². The Morgan fingerprint density at radius 2 is 2.12 bits per heavy atom. The molecule has 0 spiro atoms. The van der Waals surface area contributed by atoms with E-state index in [9.17, 15) is 4.39 Å². The largest absolute Gasteiger partial charge is 0.494 e. The van der Waals surface area contributed by atoms with Crippen molar-refractivity contribution in [1.82, 2.24) is 5.32 Å². The molecule has 0 aliphatic heterocycles. The molecule has 0 fully saturated rings. The minimum Gasteiger partial charge on any atom is -0.494 e. The van der Waals surface area contributed by atoms with Crippen LogP contribution >= 0.6 is 0 Å². The molecule has 0 aliphatic carbocycles. The molecule has 0 aliphatic rings. The molecule has 16 heavy (non-hydrogen) atoms. The topological polar surface area (TPSA) is 41.5 Å². The maximum Gasteiger partial charge on any atom is 0.165 e. The molecule has 0 amide bonds. The van der Waals surface area contributed by atoms with Crippen LogP contribution in [0, 0.1) is 5.82 Å². The highest BCUT2D eigenvalue weighted by Crippen LogP contribution is 2.21. The maximum absolute atomic E-state index is 13.4. The van der Waals surface area contributed by atoms with Gasteiger partial charge in [0.2, 0.25) is 0 Å². The molecule has 0 radical (unpaired) electrons. The van der Waals surface area contributed by atoms with Gasteiger partial charge in [-0.05, 0) is 31.5 Å². The van der Waals surface area contributed by atoms with E-state index < -0.39 is 6.10 Å². The molecule has 0 bridgehead atoms. The maximum atomic E-state index is 13.4. The number of halogens is 1. The van der Waals surface area contributed by atoms with Crippen LogP contribution in [-0.2, 0) is 0 Å². The molecular formula is C12H18FNO2. The van der Waals surface area contributed by atoms with E-state index in [-0.39, 0.29) is 17.6 Å². The molecule has 1 aromatic carbocycles. The van der Waals surface area contributed by atoms with Gasteiger partial charge in [0.25, 0.3) is 0 Å². The Balaban J connectivity index is 2.69. The van der Waals surface area contributed by atoms with Gasteiger partial charge in [-0.1, -0.05) is 6.07 Å². The summed E-state index contributed by atoms with van der Waals surface area (Å²) in [5.41, 5.74) is 0.832. The van der Waals surface area contributed by atoms with Gasteiger partial charge in [0.1, 0.15) is 0 Å². The van der Waals surface area contributed by atoms with Gasteiger partial charge in [-0.3, -0.25) is 0 Å². The summed E-state index contributed by atoms with van der Waals surface area (Å²) in [6.45, 7) is 4.10. The van der Waals surface area contributed by atoms with Gasteiger partial charge in [-0.25, -0.2) is 4.39 Å². The second-order valence-electron chi connectivity index (χ2n) is 3.87. The number of ether oxygens (including phenoxy) is 1. The highest BCUT2D eigenvalue weighted by Gasteiger charge is 2.09. The molecule has 1 rings (SSSR count). The van der Waals surface area contributed by atoms with Crippen molar-refractivity contribution in [3.8, 4) is 5.75 Å². The third kappa shape index (κ3) is 3.47. The normalized spacial score (nSPS) is 14.6. The summed E-state index contributed by atoms with van der Waals surface area (Å²) in [6.07, 6.45) is -0.412. The summed E-state index contributed by atoms with van der Waals surface area (Å²) in [5.74, 6) is -0.128. The van der Waals surface area contributed by atoms with Crippen LogP contribution in [0.15, 0.2) is 18.2 Å². The first kappa shape index (κ1) is 12.9. The van der Waals surface area contributed by atoms with Crippen molar-refractivity contribution in [3.05, 3.63) is 29.6 Å². The fourth-order valence-corrected chi connectivity index (χ4v) is 1.42. The molecule has 0 saturated carbocycles. The number of aliphatic hydroxyl groups excluding tert-OH is 1.